The lowest BCUT2D eigenvalue weighted by Crippen LogP contribution is -1.92. The zero-order valence-corrected chi connectivity index (χ0v) is 7.28. The van der Waals surface area contributed by atoms with Gasteiger partial charge >= 0.3 is 0 Å². The number of thiophene rings is 1. The molecule has 0 radical (unpaired) electrons. The van der Waals surface area contributed by atoms with Gasteiger partial charge in [0.1, 0.15) is 0 Å². The maximum atomic E-state index is 11.1. The lowest BCUT2D eigenvalue weighted by Gasteiger charge is -1.94. The topological polar surface area (TPSA) is 17.1 Å². The molecule has 1 aliphatic carbocycles. The SMILES string of the molecule is CC(=O)c1ccsc1C1CC1. The van der Waals surface area contributed by atoms with Crippen LogP contribution in [0.5, 0.6) is 0 Å². The van der Waals surface area contributed by atoms with E-state index in [0.29, 0.717) is 5.92 Å². The number of ketones is 1. The molecule has 1 aromatic rings. The summed E-state index contributed by atoms with van der Waals surface area (Å²) in [6.07, 6.45) is 2.56. The molecule has 1 aliphatic rings. The molecule has 0 aliphatic heterocycles. The molecule has 0 N–H and O–H groups in total. The van der Waals surface area contributed by atoms with Crippen molar-refractivity contribution in [2.45, 2.75) is 25.7 Å². The van der Waals surface area contributed by atoms with Crippen LogP contribution in [0.25, 0.3) is 0 Å². The summed E-state index contributed by atoms with van der Waals surface area (Å²) in [6, 6.07) is 1.95. The molecule has 1 heterocycles. The Bertz CT molecular complexity index is 284. The lowest BCUT2D eigenvalue weighted by molar-refractivity contribution is 0.101. The Hall–Kier alpha value is -0.630. The van der Waals surface area contributed by atoms with Gasteiger partial charge in [0.2, 0.25) is 0 Å². The van der Waals surface area contributed by atoms with Gasteiger partial charge in [-0.25, -0.2) is 0 Å². The molecule has 1 aromatic heterocycles. The van der Waals surface area contributed by atoms with Gasteiger partial charge in [-0.05, 0) is 37.1 Å². The smallest absolute Gasteiger partial charge is 0.160 e. The van der Waals surface area contributed by atoms with E-state index in [-0.39, 0.29) is 5.78 Å². The minimum absolute atomic E-state index is 0.216. The molecule has 0 saturated heterocycles. The van der Waals surface area contributed by atoms with Crippen LogP contribution in [0.4, 0.5) is 0 Å². The Morgan fingerprint density at radius 2 is 2.36 bits per heavy atom. The maximum Gasteiger partial charge on any atom is 0.160 e. The molecule has 2 heteroatoms. The van der Waals surface area contributed by atoms with Crippen molar-refractivity contribution in [1.82, 2.24) is 0 Å². The van der Waals surface area contributed by atoms with Crippen LogP contribution in [0.15, 0.2) is 11.4 Å². The first kappa shape index (κ1) is 7.04. The zero-order valence-electron chi connectivity index (χ0n) is 6.46. The number of Topliss-reactive ketones (excluding diaryl/α,β-unsaturated/α-hetero) is 1. The minimum Gasteiger partial charge on any atom is -0.294 e. The molecule has 1 fully saturated rings. The molecule has 0 amide bonds. The van der Waals surface area contributed by atoms with Crippen LogP contribution in [0.1, 0.15) is 40.9 Å². The quantitative estimate of drug-likeness (QED) is 0.617. The predicted octanol–water partition coefficient (Wildman–Crippen LogP) is 2.83. The van der Waals surface area contributed by atoms with Gasteiger partial charge in [0, 0.05) is 10.4 Å². The van der Waals surface area contributed by atoms with E-state index in [0.717, 1.165) is 5.56 Å². The van der Waals surface area contributed by atoms with Gasteiger partial charge < -0.3 is 0 Å². The van der Waals surface area contributed by atoms with Gasteiger partial charge in [-0.2, -0.15) is 0 Å². The van der Waals surface area contributed by atoms with Crippen LogP contribution in [0.3, 0.4) is 0 Å². The van der Waals surface area contributed by atoms with Gasteiger partial charge in [-0.15, -0.1) is 11.3 Å². The normalized spacial score (nSPS) is 16.8. The monoisotopic (exact) mass is 166 g/mol. The van der Waals surface area contributed by atoms with Crippen molar-refractivity contribution in [1.29, 1.82) is 0 Å². The predicted molar refractivity (Wildman–Crippen MR) is 46.3 cm³/mol. The summed E-state index contributed by atoms with van der Waals surface area (Å²) >= 11 is 1.73. The van der Waals surface area contributed by atoms with Crippen molar-refractivity contribution in [2.75, 3.05) is 0 Å². The Kier molecular flexibility index (Phi) is 1.57. The van der Waals surface area contributed by atoms with Crippen molar-refractivity contribution in [3.63, 3.8) is 0 Å². The number of rotatable bonds is 2. The van der Waals surface area contributed by atoms with Gasteiger partial charge in [0.15, 0.2) is 5.78 Å². The van der Waals surface area contributed by atoms with E-state index in [1.807, 2.05) is 11.4 Å². The highest BCUT2D eigenvalue weighted by Gasteiger charge is 2.27. The third-order valence-corrected chi connectivity index (χ3v) is 3.10. The first-order valence-corrected chi connectivity index (χ1v) is 4.75. The highest BCUT2D eigenvalue weighted by atomic mass is 32.1. The summed E-state index contributed by atoms with van der Waals surface area (Å²) in [6.45, 7) is 1.65. The fourth-order valence-electron chi connectivity index (χ4n) is 1.27. The number of carbonyl (C=O) groups excluding carboxylic acids is 1. The first-order chi connectivity index (χ1) is 5.29. The van der Waals surface area contributed by atoms with Gasteiger partial charge in [0.05, 0.1) is 0 Å². The average Bonchev–Trinajstić information content (AvgIpc) is 2.68. The number of hydrogen-bond donors (Lipinski definition) is 0. The van der Waals surface area contributed by atoms with E-state index in [1.54, 1.807) is 18.3 Å². The van der Waals surface area contributed by atoms with Gasteiger partial charge in [-0.3, -0.25) is 4.79 Å². The first-order valence-electron chi connectivity index (χ1n) is 3.87. The van der Waals surface area contributed by atoms with Crippen molar-refractivity contribution >= 4 is 17.1 Å². The Balaban J connectivity index is 2.37. The second-order valence-corrected chi connectivity index (χ2v) is 3.98. The highest BCUT2D eigenvalue weighted by molar-refractivity contribution is 7.10. The number of carbonyl (C=O) groups is 1. The zero-order chi connectivity index (χ0) is 7.84. The molecule has 0 atom stereocenters. The fraction of sp³-hybridized carbons (Fsp3) is 0.444. The van der Waals surface area contributed by atoms with Gasteiger partial charge in [-0.1, -0.05) is 0 Å². The summed E-state index contributed by atoms with van der Waals surface area (Å²) in [7, 11) is 0. The van der Waals surface area contributed by atoms with Gasteiger partial charge in [0.25, 0.3) is 0 Å². The van der Waals surface area contributed by atoms with Crippen molar-refractivity contribution in [2.24, 2.45) is 0 Å². The Morgan fingerprint density at radius 1 is 1.64 bits per heavy atom. The largest absolute Gasteiger partial charge is 0.294 e. The number of hydrogen-bond acceptors (Lipinski definition) is 2. The van der Waals surface area contributed by atoms with E-state index >= 15 is 0 Å². The average molecular weight is 166 g/mol. The van der Waals surface area contributed by atoms with Crippen LogP contribution in [-0.4, -0.2) is 5.78 Å². The summed E-state index contributed by atoms with van der Waals surface area (Å²) < 4.78 is 0. The molecule has 0 aromatic carbocycles. The lowest BCUT2D eigenvalue weighted by atomic mass is 10.1. The summed E-state index contributed by atoms with van der Waals surface area (Å²) in [5.41, 5.74) is 0.956. The molecule has 1 nitrogen and oxygen atoms in total. The maximum absolute atomic E-state index is 11.1. The van der Waals surface area contributed by atoms with Crippen molar-refractivity contribution in [3.05, 3.63) is 21.9 Å². The summed E-state index contributed by atoms with van der Waals surface area (Å²) in [4.78, 5) is 12.4. The second kappa shape index (κ2) is 2.45. The molecule has 0 unspecified atom stereocenters. The highest BCUT2D eigenvalue weighted by Crippen LogP contribution is 2.44. The third kappa shape index (κ3) is 1.23. The molecule has 11 heavy (non-hydrogen) atoms. The minimum atomic E-state index is 0.216. The summed E-state index contributed by atoms with van der Waals surface area (Å²) in [5, 5.41) is 2.02. The van der Waals surface area contributed by atoms with Crippen LogP contribution in [-0.2, 0) is 0 Å². The second-order valence-electron chi connectivity index (χ2n) is 3.03. The van der Waals surface area contributed by atoms with E-state index in [4.69, 9.17) is 0 Å². The molecule has 1 saturated carbocycles. The van der Waals surface area contributed by atoms with E-state index in [9.17, 15) is 4.79 Å². The van der Waals surface area contributed by atoms with Crippen LogP contribution >= 0.6 is 11.3 Å². The van der Waals surface area contributed by atoms with Crippen molar-refractivity contribution in [3.8, 4) is 0 Å². The Labute approximate surface area is 70.1 Å². The standard InChI is InChI=1S/C9H10OS/c1-6(10)8-4-5-11-9(8)7-2-3-7/h4-5,7H,2-3H2,1H3. The van der Waals surface area contributed by atoms with E-state index in [2.05, 4.69) is 0 Å². The molecule has 58 valence electrons. The van der Waals surface area contributed by atoms with Crippen LogP contribution in [0.2, 0.25) is 0 Å². The van der Waals surface area contributed by atoms with E-state index in [1.165, 1.54) is 17.7 Å². The molecule has 0 spiro atoms. The van der Waals surface area contributed by atoms with Crippen LogP contribution in [0, 0.1) is 0 Å². The summed E-state index contributed by atoms with van der Waals surface area (Å²) in [5.74, 6) is 0.932. The molecule has 2 rings (SSSR count). The third-order valence-electron chi connectivity index (χ3n) is 2.02. The van der Waals surface area contributed by atoms with Crippen molar-refractivity contribution < 1.29 is 4.79 Å². The van der Waals surface area contributed by atoms with E-state index < -0.39 is 0 Å². The Morgan fingerprint density at radius 3 is 2.91 bits per heavy atom. The van der Waals surface area contributed by atoms with Crippen LogP contribution < -0.4 is 0 Å². The molecular formula is C9H10OS. The molecule has 0 bridgehead atoms. The fourth-order valence-corrected chi connectivity index (χ4v) is 2.39. The molecular weight excluding hydrogens is 156 g/mol.